The number of nitrogens with two attached hydrogens (primary N) is 1. The lowest BCUT2D eigenvalue weighted by molar-refractivity contribution is 0.266. The molecular weight excluding hydrogens is 331 g/mol. The quantitative estimate of drug-likeness (QED) is 0.586. The number of nitrogens with zero attached hydrogens (tertiary/aromatic N) is 6. The van der Waals surface area contributed by atoms with Gasteiger partial charge in [-0.3, -0.25) is 0 Å². The summed E-state index contributed by atoms with van der Waals surface area (Å²) >= 11 is 0. The normalized spacial score (nSPS) is 10.8. The van der Waals surface area contributed by atoms with Crippen LogP contribution in [0.5, 0.6) is 0 Å². The van der Waals surface area contributed by atoms with Crippen LogP contribution in [-0.2, 0) is 6.54 Å². The van der Waals surface area contributed by atoms with E-state index in [1.807, 2.05) is 6.92 Å². The summed E-state index contributed by atoms with van der Waals surface area (Å²) < 4.78 is 15.3. The Bertz CT molecular complexity index is 968. The highest BCUT2D eigenvalue weighted by molar-refractivity contribution is 5.60. The van der Waals surface area contributed by atoms with E-state index >= 15 is 0 Å². The van der Waals surface area contributed by atoms with Gasteiger partial charge in [0, 0.05) is 5.69 Å². The van der Waals surface area contributed by atoms with E-state index in [0.29, 0.717) is 11.4 Å². The molecule has 0 amide bonds. The first-order valence-corrected chi connectivity index (χ1v) is 7.29. The zero-order valence-electron chi connectivity index (χ0n) is 13.2. The maximum Gasteiger partial charge on any atom is 0.368 e. The molecule has 0 bridgehead atoms. The highest BCUT2D eigenvalue weighted by atomic mass is 19.1. The van der Waals surface area contributed by atoms with Gasteiger partial charge in [-0.1, -0.05) is 6.07 Å². The van der Waals surface area contributed by atoms with Crippen molar-refractivity contribution in [2.24, 2.45) is 0 Å². The molecule has 3 rings (SSSR count). The molecule has 0 saturated carbocycles. The Balaban J connectivity index is 1.95. The monoisotopic (exact) mass is 346 g/mol. The predicted octanol–water partition coefficient (Wildman–Crippen LogP) is -0.0154. The van der Waals surface area contributed by atoms with Crippen molar-refractivity contribution in [1.29, 1.82) is 0 Å². The number of hydrogen-bond donors (Lipinski definition) is 3. The highest BCUT2D eigenvalue weighted by Crippen LogP contribution is 2.20. The fourth-order valence-corrected chi connectivity index (χ4v) is 2.15. The van der Waals surface area contributed by atoms with E-state index in [-0.39, 0.29) is 24.9 Å². The molecule has 11 heteroatoms. The molecule has 0 aliphatic carbocycles. The minimum atomic E-state index is -0.706. The molecule has 0 atom stereocenters. The number of aliphatic hydroxyl groups is 1. The number of aliphatic hydroxyl groups excluding tert-OH is 1. The van der Waals surface area contributed by atoms with Crippen LogP contribution >= 0.6 is 0 Å². The molecule has 0 aliphatic rings. The number of aromatic nitrogens is 6. The van der Waals surface area contributed by atoms with Crippen LogP contribution in [0.4, 0.5) is 21.8 Å². The number of anilines is 3. The van der Waals surface area contributed by atoms with Gasteiger partial charge in [0.1, 0.15) is 0 Å². The lowest BCUT2D eigenvalue weighted by atomic mass is 10.2. The predicted molar refractivity (Wildman–Crippen MR) is 87.1 cm³/mol. The first kappa shape index (κ1) is 16.5. The van der Waals surface area contributed by atoms with Gasteiger partial charge in [-0.15, -0.1) is 0 Å². The van der Waals surface area contributed by atoms with Crippen molar-refractivity contribution < 1.29 is 9.50 Å². The number of benzene rings is 1. The topological polar surface area (TPSA) is 137 Å². The summed E-state index contributed by atoms with van der Waals surface area (Å²) in [6.45, 7) is 1.64. The summed E-state index contributed by atoms with van der Waals surface area (Å²) in [6, 6.07) is 5.16. The second kappa shape index (κ2) is 6.65. The zero-order valence-corrected chi connectivity index (χ0v) is 13.2. The largest absolute Gasteiger partial charge is 0.394 e. The first-order valence-electron chi connectivity index (χ1n) is 7.29. The maximum absolute atomic E-state index is 13.1. The molecule has 2 aromatic heterocycles. The summed E-state index contributed by atoms with van der Waals surface area (Å²) in [5, 5.41) is 19.3. The van der Waals surface area contributed by atoms with Crippen molar-refractivity contribution in [2.45, 2.75) is 13.5 Å². The van der Waals surface area contributed by atoms with Crippen molar-refractivity contribution in [2.75, 3.05) is 17.7 Å². The van der Waals surface area contributed by atoms with Gasteiger partial charge in [0.05, 0.1) is 25.0 Å². The van der Waals surface area contributed by atoms with E-state index in [0.717, 1.165) is 21.1 Å². The van der Waals surface area contributed by atoms with Gasteiger partial charge in [-0.05, 0) is 35.0 Å². The van der Waals surface area contributed by atoms with Gasteiger partial charge in [0.25, 0.3) is 0 Å². The second-order valence-electron chi connectivity index (χ2n) is 5.17. The van der Waals surface area contributed by atoms with Crippen molar-refractivity contribution >= 4 is 17.5 Å². The summed E-state index contributed by atoms with van der Waals surface area (Å²) in [7, 11) is 0. The molecule has 0 saturated heterocycles. The average molecular weight is 346 g/mol. The smallest absolute Gasteiger partial charge is 0.368 e. The van der Waals surface area contributed by atoms with Crippen LogP contribution in [0.15, 0.2) is 29.2 Å². The molecule has 0 radical (unpaired) electrons. The third-order valence-electron chi connectivity index (χ3n) is 3.42. The summed E-state index contributed by atoms with van der Waals surface area (Å²) in [4.78, 5) is 19.8. The van der Waals surface area contributed by atoms with Gasteiger partial charge in [0.2, 0.25) is 5.95 Å². The fraction of sp³-hybridized carbons (Fsp3) is 0.214. The molecule has 10 nitrogen and oxygen atoms in total. The van der Waals surface area contributed by atoms with Crippen molar-refractivity contribution in [3.05, 3.63) is 46.3 Å². The lowest BCUT2D eigenvalue weighted by Crippen LogP contribution is -2.25. The van der Waals surface area contributed by atoms with Crippen LogP contribution in [0.1, 0.15) is 5.56 Å². The van der Waals surface area contributed by atoms with Gasteiger partial charge in [-0.2, -0.15) is 14.3 Å². The number of nitrogens with one attached hydrogen (secondary N) is 1. The van der Waals surface area contributed by atoms with Gasteiger partial charge in [-0.25, -0.2) is 14.2 Å². The van der Waals surface area contributed by atoms with Crippen molar-refractivity contribution in [3.63, 3.8) is 0 Å². The van der Waals surface area contributed by atoms with Gasteiger partial charge >= 0.3 is 5.69 Å². The Kier molecular flexibility index (Phi) is 4.39. The minimum absolute atomic E-state index is 0.0541. The number of halogens is 1. The molecular formula is C14H15FN8O2. The SMILES string of the molecule is Cc1ccc(Nc2ncc(F)c(N)n2)cc1-n1nnn(CCO)c1=O. The number of tetrazole rings is 1. The summed E-state index contributed by atoms with van der Waals surface area (Å²) in [5.74, 6) is -0.861. The Morgan fingerprint density at radius 2 is 2.16 bits per heavy atom. The van der Waals surface area contributed by atoms with E-state index in [1.54, 1.807) is 18.2 Å². The first-order chi connectivity index (χ1) is 12.0. The van der Waals surface area contributed by atoms with Crippen LogP contribution in [0.25, 0.3) is 5.69 Å². The van der Waals surface area contributed by atoms with Crippen LogP contribution in [0.3, 0.4) is 0 Å². The number of hydrogen-bond acceptors (Lipinski definition) is 8. The Morgan fingerprint density at radius 3 is 2.88 bits per heavy atom. The summed E-state index contributed by atoms with van der Waals surface area (Å²) in [5.41, 5.74) is 6.77. The molecule has 0 unspecified atom stereocenters. The summed E-state index contributed by atoms with van der Waals surface area (Å²) in [6.07, 6.45) is 0.963. The van der Waals surface area contributed by atoms with E-state index in [2.05, 4.69) is 25.7 Å². The molecule has 3 aromatic rings. The Labute approximate surface area is 140 Å². The standard InChI is InChI=1S/C14H15FN8O2/c1-8-2-3-9(18-13-17-7-10(15)12(16)19-13)6-11(8)23-14(25)22(4-5-24)20-21-23/h2-3,6-7,24H,4-5H2,1H3,(H3,16,17,18,19). The Hall–Kier alpha value is -3.34. The van der Waals surface area contributed by atoms with Crippen LogP contribution in [0, 0.1) is 12.7 Å². The number of aryl methyl sites for hydroxylation is 1. The minimum Gasteiger partial charge on any atom is -0.394 e. The van der Waals surface area contributed by atoms with Crippen LogP contribution in [0.2, 0.25) is 0 Å². The van der Waals surface area contributed by atoms with E-state index < -0.39 is 11.5 Å². The molecule has 4 N–H and O–H groups in total. The lowest BCUT2D eigenvalue weighted by Gasteiger charge is -2.09. The number of rotatable bonds is 5. The zero-order chi connectivity index (χ0) is 18.0. The van der Waals surface area contributed by atoms with E-state index in [4.69, 9.17) is 10.8 Å². The molecule has 130 valence electrons. The van der Waals surface area contributed by atoms with Crippen molar-refractivity contribution in [1.82, 2.24) is 29.8 Å². The maximum atomic E-state index is 13.1. The van der Waals surface area contributed by atoms with E-state index in [1.165, 1.54) is 0 Å². The molecule has 0 aliphatic heterocycles. The highest BCUT2D eigenvalue weighted by Gasteiger charge is 2.12. The van der Waals surface area contributed by atoms with Crippen molar-refractivity contribution in [3.8, 4) is 5.69 Å². The van der Waals surface area contributed by atoms with Gasteiger partial charge in [0.15, 0.2) is 11.6 Å². The van der Waals surface area contributed by atoms with Crippen LogP contribution < -0.4 is 16.7 Å². The number of nitrogen functional groups attached to an aromatic ring is 1. The van der Waals surface area contributed by atoms with Gasteiger partial charge < -0.3 is 16.2 Å². The molecule has 2 heterocycles. The van der Waals surface area contributed by atoms with Crippen LogP contribution in [-0.4, -0.2) is 41.5 Å². The molecule has 0 spiro atoms. The molecule has 1 aromatic carbocycles. The van der Waals surface area contributed by atoms with E-state index in [9.17, 15) is 9.18 Å². The average Bonchev–Trinajstić information content (AvgIpc) is 2.94. The fourth-order valence-electron chi connectivity index (χ4n) is 2.15. The second-order valence-corrected chi connectivity index (χ2v) is 5.17. The molecule has 25 heavy (non-hydrogen) atoms. The molecule has 0 fully saturated rings. The Morgan fingerprint density at radius 1 is 1.36 bits per heavy atom. The third-order valence-corrected chi connectivity index (χ3v) is 3.42. The third kappa shape index (κ3) is 3.30.